The Morgan fingerprint density at radius 1 is 1.35 bits per heavy atom. The van der Waals surface area contributed by atoms with E-state index in [0.717, 1.165) is 22.2 Å². The third kappa shape index (κ3) is 1.76. The Morgan fingerprint density at radius 2 is 2.18 bits per heavy atom. The van der Waals surface area contributed by atoms with Crippen molar-refractivity contribution in [1.82, 2.24) is 14.9 Å². The number of imidazole rings is 1. The number of carbonyl (C=O) groups is 1. The highest BCUT2D eigenvalue weighted by molar-refractivity contribution is 7.71. The van der Waals surface area contributed by atoms with Gasteiger partial charge in [-0.15, -0.1) is 0 Å². The molecule has 17 heavy (non-hydrogen) atoms. The van der Waals surface area contributed by atoms with Crippen molar-refractivity contribution in [2.75, 3.05) is 6.54 Å². The molecule has 1 atom stereocenters. The minimum Gasteiger partial charge on any atom is -0.354 e. The average Bonchev–Trinajstić information content (AvgIpc) is 2.66. The number of carbonyl (C=O) groups excluding carboxylic acids is 1. The summed E-state index contributed by atoms with van der Waals surface area (Å²) in [5.74, 6) is 0.132. The summed E-state index contributed by atoms with van der Waals surface area (Å²) in [6.45, 7) is 0.662. The summed E-state index contributed by atoms with van der Waals surface area (Å²) in [5, 5.41) is 2.89. The van der Waals surface area contributed by atoms with E-state index in [1.807, 2.05) is 18.2 Å². The molecule has 1 fully saturated rings. The molecule has 1 amide bonds. The molecule has 0 aliphatic carbocycles. The number of nitrogens with zero attached hydrogens (tertiary/aromatic N) is 1. The van der Waals surface area contributed by atoms with Gasteiger partial charge in [0.1, 0.15) is 0 Å². The lowest BCUT2D eigenvalue weighted by Crippen LogP contribution is -2.36. The van der Waals surface area contributed by atoms with Gasteiger partial charge in [0, 0.05) is 13.0 Å². The summed E-state index contributed by atoms with van der Waals surface area (Å²) in [5.41, 5.74) is 2.16. The fraction of sp³-hybridized carbons (Fsp3) is 0.333. The number of hydrogen-bond acceptors (Lipinski definition) is 2. The minimum absolute atomic E-state index is 0.132. The molecule has 88 valence electrons. The Hall–Kier alpha value is -1.62. The third-order valence-electron chi connectivity index (χ3n) is 3.23. The Morgan fingerprint density at radius 3 is 2.94 bits per heavy atom. The summed E-state index contributed by atoms with van der Waals surface area (Å²) in [6, 6.07) is 8.32. The Balaban J connectivity index is 2.08. The number of aromatic nitrogens is 2. The number of amides is 1. The van der Waals surface area contributed by atoms with Crippen LogP contribution < -0.4 is 5.32 Å². The van der Waals surface area contributed by atoms with E-state index in [1.165, 1.54) is 0 Å². The molecule has 1 aromatic carbocycles. The first-order valence-electron chi connectivity index (χ1n) is 5.71. The van der Waals surface area contributed by atoms with Gasteiger partial charge in [-0.3, -0.25) is 4.79 Å². The molecule has 4 nitrogen and oxygen atoms in total. The number of nitrogens with one attached hydrogen (secondary N) is 2. The van der Waals surface area contributed by atoms with Crippen LogP contribution in [0.1, 0.15) is 18.9 Å². The molecule has 3 rings (SSSR count). The van der Waals surface area contributed by atoms with Gasteiger partial charge in [-0.25, -0.2) is 0 Å². The van der Waals surface area contributed by atoms with Crippen LogP contribution in [0.25, 0.3) is 11.0 Å². The van der Waals surface area contributed by atoms with Crippen LogP contribution in [-0.4, -0.2) is 22.0 Å². The summed E-state index contributed by atoms with van der Waals surface area (Å²) >= 11 is 5.36. The van der Waals surface area contributed by atoms with Gasteiger partial charge in [0.05, 0.1) is 17.1 Å². The molecule has 1 aromatic heterocycles. The largest absolute Gasteiger partial charge is 0.354 e. The maximum Gasteiger partial charge on any atom is 0.220 e. The molecule has 2 heterocycles. The van der Waals surface area contributed by atoms with Gasteiger partial charge >= 0.3 is 0 Å². The number of H-pyrrole nitrogens is 1. The first-order valence-corrected chi connectivity index (χ1v) is 6.12. The Labute approximate surface area is 104 Å². The molecule has 1 unspecified atom stereocenters. The van der Waals surface area contributed by atoms with Crippen LogP contribution in [0.2, 0.25) is 0 Å². The quantitative estimate of drug-likeness (QED) is 0.759. The molecule has 0 spiro atoms. The minimum atomic E-state index is 0.132. The highest BCUT2D eigenvalue weighted by Gasteiger charge is 2.21. The number of benzene rings is 1. The van der Waals surface area contributed by atoms with E-state index in [9.17, 15) is 4.79 Å². The molecule has 2 aromatic rings. The van der Waals surface area contributed by atoms with Gasteiger partial charge in [-0.1, -0.05) is 12.1 Å². The highest BCUT2D eigenvalue weighted by atomic mass is 32.1. The first-order chi connectivity index (χ1) is 8.25. The van der Waals surface area contributed by atoms with Crippen molar-refractivity contribution in [2.24, 2.45) is 0 Å². The molecule has 0 saturated carbocycles. The maximum absolute atomic E-state index is 11.2. The third-order valence-corrected chi connectivity index (χ3v) is 3.53. The zero-order valence-corrected chi connectivity index (χ0v) is 10.1. The summed E-state index contributed by atoms with van der Waals surface area (Å²) in [6.07, 6.45) is 1.42. The number of hydrogen-bond donors (Lipinski definition) is 2. The zero-order chi connectivity index (χ0) is 11.8. The van der Waals surface area contributed by atoms with Crippen LogP contribution in [0, 0.1) is 4.77 Å². The van der Waals surface area contributed by atoms with Crippen molar-refractivity contribution >= 4 is 29.2 Å². The number of aromatic amines is 1. The predicted molar refractivity (Wildman–Crippen MR) is 68.4 cm³/mol. The van der Waals surface area contributed by atoms with Gasteiger partial charge in [0.15, 0.2) is 4.77 Å². The van der Waals surface area contributed by atoms with Gasteiger partial charge in [0.2, 0.25) is 5.91 Å². The van der Waals surface area contributed by atoms with Crippen molar-refractivity contribution in [1.29, 1.82) is 0 Å². The van der Waals surface area contributed by atoms with E-state index in [2.05, 4.69) is 20.9 Å². The monoisotopic (exact) mass is 247 g/mol. The second-order valence-electron chi connectivity index (χ2n) is 4.31. The fourth-order valence-electron chi connectivity index (χ4n) is 2.38. The fourth-order valence-corrected chi connectivity index (χ4v) is 2.73. The van der Waals surface area contributed by atoms with Crippen molar-refractivity contribution < 1.29 is 4.79 Å². The molecule has 0 bridgehead atoms. The highest BCUT2D eigenvalue weighted by Crippen LogP contribution is 2.23. The Kier molecular flexibility index (Phi) is 2.48. The lowest BCUT2D eigenvalue weighted by molar-refractivity contribution is -0.122. The first kappa shape index (κ1) is 10.5. The summed E-state index contributed by atoms with van der Waals surface area (Å²) in [7, 11) is 0. The normalized spacial score (nSPS) is 20.5. The number of para-hydroxylation sites is 2. The van der Waals surface area contributed by atoms with Crippen LogP contribution in [-0.2, 0) is 4.79 Å². The van der Waals surface area contributed by atoms with Crippen LogP contribution >= 0.6 is 12.2 Å². The predicted octanol–water partition coefficient (Wildman–Crippen LogP) is 2.15. The van der Waals surface area contributed by atoms with Crippen LogP contribution in [0.5, 0.6) is 0 Å². The smallest absolute Gasteiger partial charge is 0.220 e. The lowest BCUT2D eigenvalue weighted by atomic mass is 10.1. The summed E-state index contributed by atoms with van der Waals surface area (Å²) < 4.78 is 2.84. The summed E-state index contributed by atoms with van der Waals surface area (Å²) in [4.78, 5) is 14.4. The average molecular weight is 247 g/mol. The van der Waals surface area contributed by atoms with E-state index in [-0.39, 0.29) is 11.9 Å². The van der Waals surface area contributed by atoms with E-state index in [0.29, 0.717) is 13.0 Å². The maximum atomic E-state index is 11.2. The van der Waals surface area contributed by atoms with E-state index in [4.69, 9.17) is 12.2 Å². The molecule has 2 N–H and O–H groups in total. The van der Waals surface area contributed by atoms with Crippen LogP contribution in [0.15, 0.2) is 24.3 Å². The van der Waals surface area contributed by atoms with Crippen molar-refractivity contribution in [3.8, 4) is 0 Å². The lowest BCUT2D eigenvalue weighted by Gasteiger charge is -2.24. The second kappa shape index (κ2) is 4.00. The zero-order valence-electron chi connectivity index (χ0n) is 9.27. The molecule has 0 radical (unpaired) electrons. The van der Waals surface area contributed by atoms with Crippen molar-refractivity contribution in [3.63, 3.8) is 0 Å². The van der Waals surface area contributed by atoms with Crippen molar-refractivity contribution in [3.05, 3.63) is 29.0 Å². The second-order valence-corrected chi connectivity index (χ2v) is 4.70. The molecule has 1 saturated heterocycles. The number of piperidine rings is 1. The van der Waals surface area contributed by atoms with E-state index in [1.54, 1.807) is 0 Å². The van der Waals surface area contributed by atoms with Crippen LogP contribution in [0.4, 0.5) is 0 Å². The molecule has 5 heteroatoms. The van der Waals surface area contributed by atoms with Gasteiger partial charge in [-0.2, -0.15) is 0 Å². The molecular formula is C12H13N3OS. The number of rotatable bonds is 1. The standard InChI is InChI=1S/C12H13N3OS/c16-11-6-5-8(7-13-11)15-10-4-2-1-3-9(10)14-12(15)17/h1-4,8H,5-7H2,(H,13,16)(H,14,17). The molecule has 1 aliphatic rings. The number of fused-ring (bicyclic) bond motifs is 1. The van der Waals surface area contributed by atoms with Crippen molar-refractivity contribution in [2.45, 2.75) is 18.9 Å². The van der Waals surface area contributed by atoms with Gasteiger partial charge in [-0.05, 0) is 30.8 Å². The Bertz CT molecular complexity index is 618. The topological polar surface area (TPSA) is 49.8 Å². The van der Waals surface area contributed by atoms with Gasteiger partial charge in [0.25, 0.3) is 0 Å². The molecular weight excluding hydrogens is 234 g/mol. The van der Waals surface area contributed by atoms with Crippen LogP contribution in [0.3, 0.4) is 0 Å². The SMILES string of the molecule is O=C1CCC(n2c(=S)[nH]c3ccccc32)CN1. The molecule has 1 aliphatic heterocycles. The van der Waals surface area contributed by atoms with E-state index < -0.39 is 0 Å². The van der Waals surface area contributed by atoms with Gasteiger partial charge < -0.3 is 14.9 Å². The van der Waals surface area contributed by atoms with E-state index >= 15 is 0 Å².